The van der Waals surface area contributed by atoms with Crippen LogP contribution in [0.3, 0.4) is 0 Å². The van der Waals surface area contributed by atoms with E-state index in [9.17, 15) is 9.59 Å². The molecule has 1 saturated carbocycles. The number of methoxy groups -OCH3 is 1. The number of nitrogens with one attached hydrogen (secondary N) is 2. The average Bonchev–Trinajstić information content (AvgIpc) is 2.79. The molecule has 3 atom stereocenters. The summed E-state index contributed by atoms with van der Waals surface area (Å²) in [4.78, 5) is 23.7. The van der Waals surface area contributed by atoms with E-state index in [0.717, 1.165) is 19.4 Å². The Kier molecular flexibility index (Phi) is 3.19. The third kappa shape index (κ3) is 2.07. The number of rotatable bonds is 4. The van der Waals surface area contributed by atoms with Crippen LogP contribution in [-0.2, 0) is 14.3 Å². The molecule has 5 heteroatoms. The Morgan fingerprint density at radius 2 is 2.35 bits per heavy atom. The second kappa shape index (κ2) is 4.49. The van der Waals surface area contributed by atoms with Gasteiger partial charge in [-0.05, 0) is 25.8 Å². The standard InChI is InChI=1S/C12H18N2O3/c1-3-8-7-12(8,11(16)17-2)14-10(15)9-5-4-6-13-9/h3,8-9,13H,1,4-7H2,2H3,(H,14,15). The van der Waals surface area contributed by atoms with Crippen LogP contribution < -0.4 is 10.6 Å². The maximum absolute atomic E-state index is 12.0. The number of carbonyl (C=O) groups excluding carboxylic acids is 2. The van der Waals surface area contributed by atoms with Crippen LogP contribution in [0.2, 0.25) is 0 Å². The lowest BCUT2D eigenvalue weighted by Gasteiger charge is -2.19. The zero-order valence-electron chi connectivity index (χ0n) is 9.99. The molecule has 1 amide bonds. The SMILES string of the molecule is C=CC1CC1(NC(=O)C1CCCN1)C(=O)OC. The molecule has 1 aliphatic heterocycles. The molecular weight excluding hydrogens is 220 g/mol. The van der Waals surface area contributed by atoms with Crippen molar-refractivity contribution in [1.82, 2.24) is 10.6 Å². The summed E-state index contributed by atoms with van der Waals surface area (Å²) in [5.74, 6) is -0.508. The Morgan fingerprint density at radius 1 is 1.59 bits per heavy atom. The first-order valence-corrected chi connectivity index (χ1v) is 5.90. The topological polar surface area (TPSA) is 67.4 Å². The fourth-order valence-corrected chi connectivity index (χ4v) is 2.40. The predicted octanol–water partition coefficient (Wildman–Crippen LogP) is -0.0277. The van der Waals surface area contributed by atoms with Gasteiger partial charge in [-0.15, -0.1) is 6.58 Å². The molecule has 0 bridgehead atoms. The summed E-state index contributed by atoms with van der Waals surface area (Å²) in [7, 11) is 1.34. The first-order valence-electron chi connectivity index (χ1n) is 5.90. The van der Waals surface area contributed by atoms with Crippen molar-refractivity contribution in [2.75, 3.05) is 13.7 Å². The highest BCUT2D eigenvalue weighted by atomic mass is 16.5. The first-order chi connectivity index (χ1) is 8.14. The van der Waals surface area contributed by atoms with Gasteiger partial charge >= 0.3 is 5.97 Å². The number of hydrogen-bond acceptors (Lipinski definition) is 4. The molecule has 5 nitrogen and oxygen atoms in total. The highest BCUT2D eigenvalue weighted by Crippen LogP contribution is 2.45. The van der Waals surface area contributed by atoms with Crippen LogP contribution >= 0.6 is 0 Å². The van der Waals surface area contributed by atoms with Gasteiger partial charge in [-0.25, -0.2) is 4.79 Å². The molecule has 0 aromatic rings. The lowest BCUT2D eigenvalue weighted by atomic mass is 10.1. The summed E-state index contributed by atoms with van der Waals surface area (Å²) in [5, 5.41) is 5.92. The number of hydrogen-bond donors (Lipinski definition) is 2. The predicted molar refractivity (Wildman–Crippen MR) is 62.2 cm³/mol. The average molecular weight is 238 g/mol. The maximum Gasteiger partial charge on any atom is 0.332 e. The van der Waals surface area contributed by atoms with E-state index in [1.165, 1.54) is 7.11 Å². The third-order valence-electron chi connectivity index (χ3n) is 3.57. The summed E-state index contributed by atoms with van der Waals surface area (Å²) in [5.41, 5.74) is -0.863. The third-order valence-corrected chi connectivity index (χ3v) is 3.57. The van der Waals surface area contributed by atoms with Crippen molar-refractivity contribution in [1.29, 1.82) is 0 Å². The molecule has 0 aromatic heterocycles. The number of carbonyl (C=O) groups is 2. The van der Waals surface area contributed by atoms with Crippen LogP contribution in [0.5, 0.6) is 0 Å². The van der Waals surface area contributed by atoms with Crippen molar-refractivity contribution in [2.45, 2.75) is 30.8 Å². The molecule has 1 heterocycles. The Bertz CT molecular complexity index is 350. The van der Waals surface area contributed by atoms with E-state index in [0.29, 0.717) is 6.42 Å². The van der Waals surface area contributed by atoms with Crippen LogP contribution in [0.25, 0.3) is 0 Å². The fourth-order valence-electron chi connectivity index (χ4n) is 2.40. The minimum absolute atomic E-state index is 0.0136. The monoisotopic (exact) mass is 238 g/mol. The van der Waals surface area contributed by atoms with Gasteiger partial charge in [0.1, 0.15) is 5.54 Å². The lowest BCUT2D eigenvalue weighted by molar-refractivity contribution is -0.147. The highest BCUT2D eigenvalue weighted by Gasteiger charge is 2.61. The van der Waals surface area contributed by atoms with Crippen LogP contribution in [0.15, 0.2) is 12.7 Å². The Labute approximate surface area is 101 Å². The molecule has 94 valence electrons. The molecule has 0 spiro atoms. The van der Waals surface area contributed by atoms with E-state index in [4.69, 9.17) is 4.74 Å². The second-order valence-corrected chi connectivity index (χ2v) is 4.65. The lowest BCUT2D eigenvalue weighted by Crippen LogP contribution is -2.51. The van der Waals surface area contributed by atoms with E-state index in [1.54, 1.807) is 6.08 Å². The first kappa shape index (κ1) is 12.1. The van der Waals surface area contributed by atoms with Gasteiger partial charge in [0.15, 0.2) is 0 Å². The molecule has 0 aromatic carbocycles. The number of amides is 1. The number of esters is 1. The molecule has 1 aliphatic carbocycles. The van der Waals surface area contributed by atoms with Crippen molar-refractivity contribution in [3.8, 4) is 0 Å². The molecule has 17 heavy (non-hydrogen) atoms. The zero-order valence-corrected chi connectivity index (χ0v) is 9.99. The van der Waals surface area contributed by atoms with Crippen molar-refractivity contribution in [2.24, 2.45) is 5.92 Å². The molecule has 2 fully saturated rings. The molecule has 0 radical (unpaired) electrons. The van der Waals surface area contributed by atoms with Crippen molar-refractivity contribution in [3.63, 3.8) is 0 Å². The normalized spacial score (nSPS) is 35.1. The fraction of sp³-hybridized carbons (Fsp3) is 0.667. The van der Waals surface area contributed by atoms with Gasteiger partial charge in [0.25, 0.3) is 0 Å². The molecule has 2 rings (SSSR count). The van der Waals surface area contributed by atoms with Crippen molar-refractivity contribution in [3.05, 3.63) is 12.7 Å². The van der Waals surface area contributed by atoms with E-state index >= 15 is 0 Å². The van der Waals surface area contributed by atoms with E-state index in [1.807, 2.05) is 0 Å². The second-order valence-electron chi connectivity index (χ2n) is 4.65. The van der Waals surface area contributed by atoms with Gasteiger partial charge in [0.05, 0.1) is 13.2 Å². The summed E-state index contributed by atoms with van der Waals surface area (Å²) in [6, 6.07) is -0.178. The van der Waals surface area contributed by atoms with Crippen LogP contribution in [-0.4, -0.2) is 37.1 Å². The summed E-state index contributed by atoms with van der Waals surface area (Å²) < 4.78 is 4.75. The van der Waals surface area contributed by atoms with E-state index in [2.05, 4.69) is 17.2 Å². The van der Waals surface area contributed by atoms with E-state index in [-0.39, 0.29) is 23.8 Å². The van der Waals surface area contributed by atoms with Crippen molar-refractivity contribution < 1.29 is 14.3 Å². The molecule has 3 unspecified atom stereocenters. The van der Waals surface area contributed by atoms with Gasteiger partial charge in [0, 0.05) is 5.92 Å². The van der Waals surface area contributed by atoms with Crippen molar-refractivity contribution >= 4 is 11.9 Å². The summed E-state index contributed by atoms with van der Waals surface area (Å²) in [6.07, 6.45) is 4.09. The number of ether oxygens (including phenoxy) is 1. The minimum Gasteiger partial charge on any atom is -0.467 e. The summed E-state index contributed by atoms with van der Waals surface area (Å²) in [6.45, 7) is 4.52. The van der Waals surface area contributed by atoms with Crippen LogP contribution in [0.4, 0.5) is 0 Å². The van der Waals surface area contributed by atoms with Gasteiger partial charge < -0.3 is 15.4 Å². The largest absolute Gasteiger partial charge is 0.467 e. The van der Waals surface area contributed by atoms with E-state index < -0.39 is 5.54 Å². The molecule has 2 N–H and O–H groups in total. The molecule has 1 saturated heterocycles. The Balaban J connectivity index is 2.01. The van der Waals surface area contributed by atoms with Gasteiger partial charge in [-0.2, -0.15) is 0 Å². The van der Waals surface area contributed by atoms with Gasteiger partial charge in [0.2, 0.25) is 5.91 Å². The molecule has 2 aliphatic rings. The maximum atomic E-state index is 12.0. The smallest absolute Gasteiger partial charge is 0.332 e. The Morgan fingerprint density at radius 3 is 2.82 bits per heavy atom. The quantitative estimate of drug-likeness (QED) is 0.533. The minimum atomic E-state index is -0.863. The molecular formula is C12H18N2O3. The van der Waals surface area contributed by atoms with Gasteiger partial charge in [-0.1, -0.05) is 6.08 Å². The van der Waals surface area contributed by atoms with Gasteiger partial charge in [-0.3, -0.25) is 4.79 Å². The zero-order chi connectivity index (χ0) is 12.5. The van der Waals surface area contributed by atoms with Crippen LogP contribution in [0, 0.1) is 5.92 Å². The Hall–Kier alpha value is -1.36. The van der Waals surface area contributed by atoms with Crippen LogP contribution in [0.1, 0.15) is 19.3 Å². The summed E-state index contributed by atoms with van der Waals surface area (Å²) >= 11 is 0. The highest BCUT2D eigenvalue weighted by molar-refractivity contribution is 5.93.